The average molecular weight is 440 g/mol. The number of nitrogens with zero attached hydrogens (tertiary/aromatic N) is 3. The first-order chi connectivity index (χ1) is 15.3. The third-order valence-corrected chi connectivity index (χ3v) is 8.01. The van der Waals surface area contributed by atoms with Gasteiger partial charge in [0, 0.05) is 24.2 Å². The van der Waals surface area contributed by atoms with Crippen molar-refractivity contribution in [2.45, 2.75) is 96.8 Å². The number of likely N-dealkylation sites (tertiary alicyclic amines) is 1. The van der Waals surface area contributed by atoms with Gasteiger partial charge in [0.1, 0.15) is 0 Å². The minimum atomic E-state index is -1.26. The Balaban J connectivity index is 1.59. The van der Waals surface area contributed by atoms with Crippen molar-refractivity contribution in [3.8, 4) is 0 Å². The first-order valence-electron chi connectivity index (χ1n) is 12.3. The molecular formula is C26H37N3O3. The van der Waals surface area contributed by atoms with Gasteiger partial charge in [-0.05, 0) is 82.8 Å². The van der Waals surface area contributed by atoms with Crippen LogP contribution in [-0.4, -0.2) is 43.7 Å². The van der Waals surface area contributed by atoms with Gasteiger partial charge in [-0.15, -0.1) is 0 Å². The lowest BCUT2D eigenvalue weighted by Crippen LogP contribution is -2.46. The number of carbonyl (C=O) groups is 1. The van der Waals surface area contributed by atoms with Crippen LogP contribution in [0.4, 0.5) is 0 Å². The van der Waals surface area contributed by atoms with E-state index in [1.54, 1.807) is 10.6 Å². The summed E-state index contributed by atoms with van der Waals surface area (Å²) in [5.74, 6) is 0.343. The van der Waals surface area contributed by atoms with E-state index in [-0.39, 0.29) is 11.7 Å². The van der Waals surface area contributed by atoms with Gasteiger partial charge in [-0.3, -0.25) is 9.69 Å². The molecule has 1 aliphatic heterocycles. The molecule has 4 rings (SSSR count). The van der Waals surface area contributed by atoms with E-state index in [0.717, 1.165) is 24.7 Å². The molecule has 2 aromatic rings. The Labute approximate surface area is 190 Å². The van der Waals surface area contributed by atoms with E-state index in [2.05, 4.69) is 37.6 Å². The van der Waals surface area contributed by atoms with Crippen LogP contribution in [0.1, 0.15) is 89.2 Å². The summed E-state index contributed by atoms with van der Waals surface area (Å²) >= 11 is 0. The first kappa shape index (κ1) is 23.0. The van der Waals surface area contributed by atoms with E-state index < -0.39 is 11.5 Å². The predicted molar refractivity (Wildman–Crippen MR) is 127 cm³/mol. The van der Waals surface area contributed by atoms with Crippen LogP contribution in [-0.2, 0) is 0 Å². The standard InChI is InChI=1S/C26H37N3O3/c1-16(2)19-10-13-20(14-11-19)28-17(3)9-12-21(28)15-18(4)29-23-8-6-5-7-22(23)27-24(25(29)30)26(31)32/h5-8,16-21H,9-15H2,1-4H3,(H,31,32)/t17-,18-,19-,20+,21-/m0/s1. The van der Waals surface area contributed by atoms with Crippen LogP contribution < -0.4 is 5.56 Å². The number of aromatic nitrogens is 2. The van der Waals surface area contributed by atoms with Crippen LogP contribution in [0.5, 0.6) is 0 Å². The van der Waals surface area contributed by atoms with Crippen molar-refractivity contribution >= 4 is 17.0 Å². The number of carboxylic acid groups (broad SMARTS) is 1. The van der Waals surface area contributed by atoms with Crippen LogP contribution in [0.25, 0.3) is 11.0 Å². The molecule has 1 saturated carbocycles. The highest BCUT2D eigenvalue weighted by Gasteiger charge is 2.38. The summed E-state index contributed by atoms with van der Waals surface area (Å²) in [7, 11) is 0. The second-order valence-corrected chi connectivity index (χ2v) is 10.4. The Morgan fingerprint density at radius 1 is 1.09 bits per heavy atom. The van der Waals surface area contributed by atoms with Gasteiger partial charge < -0.3 is 9.67 Å². The molecule has 1 N–H and O–H groups in total. The zero-order chi connectivity index (χ0) is 23.0. The summed E-state index contributed by atoms with van der Waals surface area (Å²) in [6, 6.07) is 8.87. The van der Waals surface area contributed by atoms with E-state index in [1.807, 2.05) is 18.2 Å². The summed E-state index contributed by atoms with van der Waals surface area (Å²) in [5, 5.41) is 9.54. The molecule has 0 spiro atoms. The van der Waals surface area contributed by atoms with Crippen molar-refractivity contribution in [1.82, 2.24) is 14.5 Å². The summed E-state index contributed by atoms with van der Waals surface area (Å²) in [6.07, 6.45) is 8.32. The Bertz CT molecular complexity index is 1020. The maximum absolute atomic E-state index is 13.1. The zero-order valence-electron chi connectivity index (χ0n) is 19.8. The molecule has 0 amide bonds. The molecule has 0 bridgehead atoms. The highest BCUT2D eigenvalue weighted by molar-refractivity contribution is 5.88. The number of benzene rings is 1. The molecule has 6 nitrogen and oxygen atoms in total. The van der Waals surface area contributed by atoms with Gasteiger partial charge >= 0.3 is 5.97 Å². The largest absolute Gasteiger partial charge is 0.476 e. The van der Waals surface area contributed by atoms with Crippen molar-refractivity contribution in [2.75, 3.05) is 0 Å². The molecule has 2 fully saturated rings. The van der Waals surface area contributed by atoms with Crippen LogP contribution in [0, 0.1) is 11.8 Å². The molecule has 0 radical (unpaired) electrons. The number of rotatable bonds is 6. The van der Waals surface area contributed by atoms with Gasteiger partial charge in [0.15, 0.2) is 0 Å². The summed E-state index contributed by atoms with van der Waals surface area (Å²) in [4.78, 5) is 31.6. The van der Waals surface area contributed by atoms with Crippen molar-refractivity contribution < 1.29 is 9.90 Å². The van der Waals surface area contributed by atoms with E-state index in [0.29, 0.717) is 29.2 Å². The number of fused-ring (bicyclic) bond motifs is 1. The number of hydrogen-bond acceptors (Lipinski definition) is 4. The monoisotopic (exact) mass is 439 g/mol. The fourth-order valence-corrected chi connectivity index (χ4v) is 6.29. The molecule has 2 aliphatic rings. The zero-order valence-corrected chi connectivity index (χ0v) is 19.8. The highest BCUT2D eigenvalue weighted by atomic mass is 16.4. The van der Waals surface area contributed by atoms with Crippen molar-refractivity contribution in [3.05, 3.63) is 40.3 Å². The molecule has 32 heavy (non-hydrogen) atoms. The molecule has 1 aromatic carbocycles. The minimum absolute atomic E-state index is 0.0988. The molecule has 6 heteroatoms. The lowest BCUT2D eigenvalue weighted by molar-refractivity contribution is 0.0686. The predicted octanol–water partition coefficient (Wildman–Crippen LogP) is 5.11. The molecule has 1 aliphatic carbocycles. The topological polar surface area (TPSA) is 75.4 Å². The van der Waals surface area contributed by atoms with Gasteiger partial charge in [-0.25, -0.2) is 9.78 Å². The van der Waals surface area contributed by atoms with E-state index >= 15 is 0 Å². The smallest absolute Gasteiger partial charge is 0.360 e. The van der Waals surface area contributed by atoms with Gasteiger partial charge in [-0.1, -0.05) is 26.0 Å². The lowest BCUT2D eigenvalue weighted by Gasteiger charge is -2.42. The van der Waals surface area contributed by atoms with Crippen molar-refractivity contribution in [2.24, 2.45) is 11.8 Å². The Kier molecular flexibility index (Phi) is 6.70. The van der Waals surface area contributed by atoms with Crippen molar-refractivity contribution in [1.29, 1.82) is 0 Å². The molecule has 1 saturated heterocycles. The average Bonchev–Trinajstić information content (AvgIpc) is 3.12. The normalized spacial score (nSPS) is 27.8. The quantitative estimate of drug-likeness (QED) is 0.677. The molecule has 3 atom stereocenters. The number of para-hydroxylation sites is 2. The number of aromatic carboxylic acids is 1. The number of hydrogen-bond donors (Lipinski definition) is 1. The minimum Gasteiger partial charge on any atom is -0.476 e. The maximum atomic E-state index is 13.1. The van der Waals surface area contributed by atoms with Crippen LogP contribution in [0.15, 0.2) is 29.1 Å². The highest BCUT2D eigenvalue weighted by Crippen LogP contribution is 2.39. The van der Waals surface area contributed by atoms with Crippen molar-refractivity contribution in [3.63, 3.8) is 0 Å². The third-order valence-electron chi connectivity index (χ3n) is 8.01. The van der Waals surface area contributed by atoms with Gasteiger partial charge in [0.25, 0.3) is 5.56 Å². The second-order valence-electron chi connectivity index (χ2n) is 10.4. The second kappa shape index (κ2) is 9.34. The number of carboxylic acids is 1. The SMILES string of the molecule is CC(C)[C@H]1CC[C@@H](N2[C@H](C[C@H](C)n3c(=O)c(C(=O)O)nc4ccccc43)CC[C@@H]2C)CC1. The fraction of sp³-hybridized carbons (Fsp3) is 0.654. The summed E-state index contributed by atoms with van der Waals surface area (Å²) in [5.41, 5.74) is 0.378. The molecule has 174 valence electrons. The maximum Gasteiger partial charge on any atom is 0.360 e. The fourth-order valence-electron chi connectivity index (χ4n) is 6.29. The van der Waals surface area contributed by atoms with Crippen LogP contribution >= 0.6 is 0 Å². The van der Waals surface area contributed by atoms with E-state index in [4.69, 9.17) is 0 Å². The molecule has 1 aromatic heterocycles. The Morgan fingerprint density at radius 2 is 1.78 bits per heavy atom. The third kappa shape index (κ3) is 4.34. The van der Waals surface area contributed by atoms with Gasteiger partial charge in [0.05, 0.1) is 11.0 Å². The van der Waals surface area contributed by atoms with Crippen LogP contribution in [0.3, 0.4) is 0 Å². The van der Waals surface area contributed by atoms with Gasteiger partial charge in [0.2, 0.25) is 5.69 Å². The molecular weight excluding hydrogens is 402 g/mol. The Morgan fingerprint density at radius 3 is 2.44 bits per heavy atom. The van der Waals surface area contributed by atoms with Crippen LogP contribution in [0.2, 0.25) is 0 Å². The summed E-state index contributed by atoms with van der Waals surface area (Å²) < 4.78 is 1.67. The summed E-state index contributed by atoms with van der Waals surface area (Å²) in [6.45, 7) is 9.08. The van der Waals surface area contributed by atoms with E-state index in [1.165, 1.54) is 32.1 Å². The lowest BCUT2D eigenvalue weighted by atomic mass is 9.79. The van der Waals surface area contributed by atoms with Gasteiger partial charge in [-0.2, -0.15) is 0 Å². The van der Waals surface area contributed by atoms with E-state index in [9.17, 15) is 14.7 Å². The molecule has 2 heterocycles. The molecule has 0 unspecified atom stereocenters. The Hall–Kier alpha value is -2.21. The first-order valence-corrected chi connectivity index (χ1v) is 12.3.